The summed E-state index contributed by atoms with van der Waals surface area (Å²) in [5, 5.41) is 4.12. The van der Waals surface area contributed by atoms with Crippen LogP contribution in [0.25, 0.3) is 11.3 Å². The van der Waals surface area contributed by atoms with E-state index in [-0.39, 0.29) is 5.92 Å². The van der Waals surface area contributed by atoms with Crippen molar-refractivity contribution in [1.82, 2.24) is 15.1 Å². The summed E-state index contributed by atoms with van der Waals surface area (Å²) in [7, 11) is 0. The number of nitrogens with zero attached hydrogens (tertiary/aromatic N) is 4. The predicted octanol–water partition coefficient (Wildman–Crippen LogP) is 5.27. The number of anilines is 1. The van der Waals surface area contributed by atoms with Crippen LogP contribution in [0.1, 0.15) is 38.5 Å². The van der Waals surface area contributed by atoms with Crippen LogP contribution in [0.5, 0.6) is 5.75 Å². The topological polar surface area (TPSA) is 64.3 Å². The second kappa shape index (κ2) is 9.51. The van der Waals surface area contributed by atoms with E-state index in [0.29, 0.717) is 24.4 Å². The molecule has 0 N–H and O–H groups in total. The van der Waals surface area contributed by atoms with E-state index in [9.17, 15) is 0 Å². The lowest BCUT2D eigenvalue weighted by Gasteiger charge is -2.30. The molecule has 0 radical (unpaired) electrons. The van der Waals surface area contributed by atoms with Crippen molar-refractivity contribution < 1.29 is 9.26 Å². The Bertz CT molecular complexity index is 933. The zero-order chi connectivity index (χ0) is 20.9. The summed E-state index contributed by atoms with van der Waals surface area (Å²) < 4.78 is 11.3. The molecule has 158 valence electrons. The largest absolute Gasteiger partial charge is 0.492 e. The second-order valence-corrected chi connectivity index (χ2v) is 8.82. The van der Waals surface area contributed by atoms with Crippen LogP contribution in [-0.4, -0.2) is 41.1 Å². The highest BCUT2D eigenvalue weighted by molar-refractivity contribution is 7.98. The van der Waals surface area contributed by atoms with Crippen molar-refractivity contribution in [3.05, 3.63) is 48.5 Å². The first-order chi connectivity index (χ1) is 14.6. The molecule has 0 unspecified atom stereocenters. The van der Waals surface area contributed by atoms with Gasteiger partial charge in [-0.3, -0.25) is 4.98 Å². The molecule has 6 nitrogen and oxygen atoms in total. The summed E-state index contributed by atoms with van der Waals surface area (Å²) in [6, 6.07) is 12.5. The first-order valence-electron chi connectivity index (χ1n) is 10.4. The van der Waals surface area contributed by atoms with Crippen molar-refractivity contribution in [2.24, 2.45) is 5.92 Å². The molecule has 0 amide bonds. The van der Waals surface area contributed by atoms with Gasteiger partial charge in [0.2, 0.25) is 5.89 Å². The summed E-state index contributed by atoms with van der Waals surface area (Å²) in [5.41, 5.74) is 2.08. The van der Waals surface area contributed by atoms with Crippen molar-refractivity contribution in [3.63, 3.8) is 0 Å². The fourth-order valence-electron chi connectivity index (χ4n) is 3.50. The van der Waals surface area contributed by atoms with Gasteiger partial charge >= 0.3 is 0 Å². The van der Waals surface area contributed by atoms with E-state index in [2.05, 4.69) is 64.4 Å². The van der Waals surface area contributed by atoms with Gasteiger partial charge in [-0.05, 0) is 54.4 Å². The fraction of sp³-hybridized carbons (Fsp3) is 0.435. The van der Waals surface area contributed by atoms with Crippen molar-refractivity contribution in [2.75, 3.05) is 30.9 Å². The Balaban J connectivity index is 1.26. The number of hydrogen-bond donors (Lipinski definition) is 0. The summed E-state index contributed by atoms with van der Waals surface area (Å²) >= 11 is 1.74. The van der Waals surface area contributed by atoms with Gasteiger partial charge in [0.1, 0.15) is 5.75 Å². The average Bonchev–Trinajstić information content (AvgIpc) is 3.29. The highest BCUT2D eigenvalue weighted by Crippen LogP contribution is 2.25. The van der Waals surface area contributed by atoms with Gasteiger partial charge in [-0.15, -0.1) is 11.8 Å². The minimum Gasteiger partial charge on any atom is -0.492 e. The molecule has 0 spiro atoms. The third-order valence-corrected chi connectivity index (χ3v) is 6.17. The number of benzene rings is 1. The molecule has 0 bridgehead atoms. The van der Waals surface area contributed by atoms with E-state index in [1.165, 1.54) is 4.90 Å². The normalized spacial score (nSPS) is 15.0. The summed E-state index contributed by atoms with van der Waals surface area (Å²) in [5.74, 6) is 3.01. The Kier molecular flexibility index (Phi) is 6.57. The van der Waals surface area contributed by atoms with Gasteiger partial charge < -0.3 is 14.2 Å². The van der Waals surface area contributed by atoms with E-state index in [1.807, 2.05) is 18.3 Å². The van der Waals surface area contributed by atoms with E-state index < -0.39 is 0 Å². The summed E-state index contributed by atoms with van der Waals surface area (Å²) in [4.78, 5) is 12.5. The molecule has 3 aromatic rings. The maximum Gasteiger partial charge on any atom is 0.266 e. The maximum atomic E-state index is 6.02. The van der Waals surface area contributed by atoms with E-state index in [4.69, 9.17) is 9.26 Å². The monoisotopic (exact) mass is 424 g/mol. The molecule has 2 aromatic heterocycles. The molecule has 0 atom stereocenters. The lowest BCUT2D eigenvalue weighted by atomic mass is 9.98. The minimum absolute atomic E-state index is 0.256. The molecule has 3 heterocycles. The van der Waals surface area contributed by atoms with Crippen LogP contribution in [0.3, 0.4) is 0 Å². The first kappa shape index (κ1) is 20.7. The Hall–Kier alpha value is -2.54. The summed E-state index contributed by atoms with van der Waals surface area (Å²) in [6.07, 6.45) is 6.01. The zero-order valence-electron chi connectivity index (χ0n) is 17.7. The third-order valence-electron chi connectivity index (χ3n) is 5.43. The van der Waals surface area contributed by atoms with Gasteiger partial charge in [0, 0.05) is 29.5 Å². The molecule has 7 heteroatoms. The quantitative estimate of drug-likeness (QED) is 0.479. The van der Waals surface area contributed by atoms with Crippen LogP contribution >= 0.6 is 11.8 Å². The molecule has 1 aromatic carbocycles. The predicted molar refractivity (Wildman–Crippen MR) is 120 cm³/mol. The van der Waals surface area contributed by atoms with Gasteiger partial charge in [0.25, 0.3) is 5.95 Å². The molecule has 4 rings (SSSR count). The van der Waals surface area contributed by atoms with Crippen molar-refractivity contribution in [2.45, 2.75) is 37.5 Å². The highest BCUT2D eigenvalue weighted by Gasteiger charge is 2.23. The number of rotatable bonds is 7. The lowest BCUT2D eigenvalue weighted by molar-refractivity contribution is 0.221. The average molecular weight is 425 g/mol. The molecule has 1 saturated heterocycles. The Labute approximate surface area is 182 Å². The molecular formula is C23H28N4O2S. The first-order valence-corrected chi connectivity index (χ1v) is 11.7. The van der Waals surface area contributed by atoms with Crippen LogP contribution in [0, 0.1) is 5.92 Å². The van der Waals surface area contributed by atoms with Crippen LogP contribution in [0.4, 0.5) is 5.95 Å². The Morgan fingerprint density at radius 3 is 2.50 bits per heavy atom. The van der Waals surface area contributed by atoms with Crippen LogP contribution in [0.15, 0.2) is 52.0 Å². The smallest absolute Gasteiger partial charge is 0.266 e. The molecule has 30 heavy (non-hydrogen) atoms. The van der Waals surface area contributed by atoms with E-state index in [1.54, 1.807) is 11.8 Å². The molecule has 1 aliphatic rings. The Morgan fingerprint density at radius 2 is 1.90 bits per heavy atom. The molecule has 1 fully saturated rings. The number of piperidine rings is 1. The van der Waals surface area contributed by atoms with Gasteiger partial charge in [-0.1, -0.05) is 26.0 Å². The van der Waals surface area contributed by atoms with E-state index in [0.717, 1.165) is 42.9 Å². The summed E-state index contributed by atoms with van der Waals surface area (Å²) in [6.45, 7) is 6.68. The Morgan fingerprint density at radius 1 is 1.13 bits per heavy atom. The van der Waals surface area contributed by atoms with Crippen LogP contribution < -0.4 is 9.64 Å². The number of pyridine rings is 1. The standard InChI is InChI=1S/C23H28N4O2S/c1-16(2)22-25-23(26-29-22)27-12-10-17(11-13-27)15-28-19-6-9-21(24-14-19)18-4-7-20(30-3)8-5-18/h4-9,14,16-17H,10-13,15H2,1-3H3. The second-order valence-electron chi connectivity index (χ2n) is 7.94. The van der Waals surface area contributed by atoms with Crippen molar-refractivity contribution >= 4 is 17.7 Å². The van der Waals surface area contributed by atoms with Gasteiger partial charge in [0.05, 0.1) is 18.5 Å². The highest BCUT2D eigenvalue weighted by atomic mass is 32.2. The number of ether oxygens (including phenoxy) is 1. The van der Waals surface area contributed by atoms with Gasteiger partial charge in [-0.2, -0.15) is 4.98 Å². The van der Waals surface area contributed by atoms with E-state index >= 15 is 0 Å². The molecule has 0 saturated carbocycles. The number of thioether (sulfide) groups is 1. The minimum atomic E-state index is 0.256. The maximum absolute atomic E-state index is 6.02. The molecule has 1 aliphatic heterocycles. The van der Waals surface area contributed by atoms with Crippen molar-refractivity contribution in [3.8, 4) is 17.0 Å². The van der Waals surface area contributed by atoms with Gasteiger partial charge in [0.15, 0.2) is 0 Å². The third kappa shape index (κ3) is 4.95. The SMILES string of the molecule is CSc1ccc(-c2ccc(OCC3CCN(c4noc(C(C)C)n4)CC3)cn2)cc1. The number of aromatic nitrogens is 3. The molecular weight excluding hydrogens is 396 g/mol. The fourth-order valence-corrected chi connectivity index (χ4v) is 3.91. The molecule has 0 aliphatic carbocycles. The van der Waals surface area contributed by atoms with Crippen LogP contribution in [0.2, 0.25) is 0 Å². The zero-order valence-corrected chi connectivity index (χ0v) is 18.6. The van der Waals surface area contributed by atoms with Crippen LogP contribution in [-0.2, 0) is 0 Å². The number of hydrogen-bond acceptors (Lipinski definition) is 7. The van der Waals surface area contributed by atoms with Crippen molar-refractivity contribution in [1.29, 1.82) is 0 Å². The lowest BCUT2D eigenvalue weighted by Crippen LogP contribution is -2.36. The van der Waals surface area contributed by atoms with Gasteiger partial charge in [-0.25, -0.2) is 0 Å².